The average molecular weight is 340 g/mol. The van der Waals surface area contributed by atoms with Crippen LogP contribution >= 0.6 is 0 Å². The molecule has 2 aromatic carbocycles. The summed E-state index contributed by atoms with van der Waals surface area (Å²) in [7, 11) is 0. The van der Waals surface area contributed by atoms with Crippen molar-refractivity contribution >= 4 is 23.4 Å². The number of nitro groups is 1. The molecule has 1 N–H and O–H groups in total. The first-order valence-corrected chi connectivity index (χ1v) is 7.75. The minimum atomic E-state index is -0.468. The van der Waals surface area contributed by atoms with E-state index in [4.69, 9.17) is 9.47 Å². The third-order valence-electron chi connectivity index (χ3n) is 3.55. The topological polar surface area (TPSA) is 90.7 Å². The number of non-ortho nitro benzene ring substituents is 1. The number of ether oxygens (including phenoxy) is 2. The number of nitro benzene ring substituents is 1. The fourth-order valence-corrected chi connectivity index (χ4v) is 2.30. The van der Waals surface area contributed by atoms with Gasteiger partial charge in [0.25, 0.3) is 5.69 Å². The molecule has 0 spiro atoms. The number of benzene rings is 2. The Balaban J connectivity index is 1.64. The minimum Gasteiger partial charge on any atom is -0.490 e. The van der Waals surface area contributed by atoms with Crippen molar-refractivity contribution in [3.8, 4) is 11.5 Å². The van der Waals surface area contributed by atoms with E-state index in [1.165, 1.54) is 18.2 Å². The number of nitrogens with zero attached hydrogens (tertiary/aromatic N) is 1. The molecule has 0 atom stereocenters. The number of anilines is 1. The molecular weight excluding hydrogens is 324 g/mol. The molecule has 1 heterocycles. The van der Waals surface area contributed by atoms with Crippen LogP contribution in [0.25, 0.3) is 6.08 Å². The Kier molecular flexibility index (Phi) is 4.94. The summed E-state index contributed by atoms with van der Waals surface area (Å²) in [5, 5.41) is 13.4. The molecule has 0 unspecified atom stereocenters. The van der Waals surface area contributed by atoms with Gasteiger partial charge in [-0.2, -0.15) is 0 Å². The lowest BCUT2D eigenvalue weighted by Gasteiger charge is -2.09. The number of hydrogen-bond acceptors (Lipinski definition) is 5. The second kappa shape index (κ2) is 7.48. The molecule has 1 aliphatic heterocycles. The summed E-state index contributed by atoms with van der Waals surface area (Å²) in [6.07, 6.45) is 3.76. The normalized spacial score (nSPS) is 13.3. The lowest BCUT2D eigenvalue weighted by atomic mass is 10.2. The van der Waals surface area contributed by atoms with Crippen molar-refractivity contribution in [2.24, 2.45) is 0 Å². The fraction of sp³-hybridized carbons (Fsp3) is 0.167. The smallest absolute Gasteiger partial charge is 0.269 e. The maximum absolute atomic E-state index is 12.0. The van der Waals surface area contributed by atoms with Crippen molar-refractivity contribution in [3.05, 3.63) is 64.2 Å². The Morgan fingerprint density at radius 2 is 1.80 bits per heavy atom. The van der Waals surface area contributed by atoms with E-state index in [1.54, 1.807) is 36.4 Å². The van der Waals surface area contributed by atoms with Crippen LogP contribution in [-0.2, 0) is 4.79 Å². The quantitative estimate of drug-likeness (QED) is 0.523. The zero-order valence-electron chi connectivity index (χ0n) is 13.3. The molecule has 0 aromatic heterocycles. The number of carbonyl (C=O) groups excluding carboxylic acids is 1. The molecule has 0 fully saturated rings. The molecular formula is C18H16N2O5. The van der Waals surface area contributed by atoms with Gasteiger partial charge in [0.1, 0.15) is 0 Å². The highest BCUT2D eigenvalue weighted by atomic mass is 16.6. The van der Waals surface area contributed by atoms with Gasteiger partial charge in [-0.3, -0.25) is 14.9 Å². The van der Waals surface area contributed by atoms with Crippen molar-refractivity contribution in [2.45, 2.75) is 6.42 Å². The van der Waals surface area contributed by atoms with Crippen LogP contribution in [0.5, 0.6) is 11.5 Å². The van der Waals surface area contributed by atoms with Gasteiger partial charge >= 0.3 is 0 Å². The predicted molar refractivity (Wildman–Crippen MR) is 92.8 cm³/mol. The Bertz CT molecular complexity index is 815. The summed E-state index contributed by atoms with van der Waals surface area (Å²) in [5.41, 5.74) is 1.30. The summed E-state index contributed by atoms with van der Waals surface area (Å²) >= 11 is 0. The molecule has 3 rings (SSSR count). The van der Waals surface area contributed by atoms with E-state index < -0.39 is 4.92 Å². The molecule has 25 heavy (non-hydrogen) atoms. The van der Waals surface area contributed by atoms with Crippen LogP contribution in [-0.4, -0.2) is 24.0 Å². The van der Waals surface area contributed by atoms with Crippen LogP contribution in [0.3, 0.4) is 0 Å². The molecule has 7 heteroatoms. The van der Waals surface area contributed by atoms with E-state index in [9.17, 15) is 14.9 Å². The SMILES string of the molecule is O=C(C=Cc1ccc([N+](=O)[O-])cc1)Nc1ccc2c(c1)OCCCO2. The van der Waals surface area contributed by atoms with Crippen LogP contribution in [0.15, 0.2) is 48.5 Å². The maximum Gasteiger partial charge on any atom is 0.269 e. The first-order valence-electron chi connectivity index (χ1n) is 7.75. The Labute approximate surface area is 144 Å². The first kappa shape index (κ1) is 16.5. The third kappa shape index (κ3) is 4.35. The van der Waals surface area contributed by atoms with E-state index in [0.717, 1.165) is 6.42 Å². The molecule has 128 valence electrons. The van der Waals surface area contributed by atoms with Gasteiger partial charge in [0.05, 0.1) is 18.1 Å². The summed E-state index contributed by atoms with van der Waals surface area (Å²) in [5.74, 6) is 0.958. The van der Waals surface area contributed by atoms with Crippen LogP contribution in [0.4, 0.5) is 11.4 Å². The average Bonchev–Trinajstić information content (AvgIpc) is 2.85. The van der Waals surface area contributed by atoms with E-state index in [1.807, 2.05) is 0 Å². The molecule has 1 aliphatic rings. The number of rotatable bonds is 4. The number of carbonyl (C=O) groups is 1. The van der Waals surface area contributed by atoms with Crippen molar-refractivity contribution in [3.63, 3.8) is 0 Å². The molecule has 1 amide bonds. The largest absolute Gasteiger partial charge is 0.490 e. The van der Waals surface area contributed by atoms with Crippen molar-refractivity contribution in [2.75, 3.05) is 18.5 Å². The van der Waals surface area contributed by atoms with Gasteiger partial charge in [0.2, 0.25) is 5.91 Å². The fourth-order valence-electron chi connectivity index (χ4n) is 2.30. The van der Waals surface area contributed by atoms with Gasteiger partial charge in [-0.1, -0.05) is 0 Å². The summed E-state index contributed by atoms with van der Waals surface area (Å²) in [6.45, 7) is 1.18. The van der Waals surface area contributed by atoms with Crippen LogP contribution < -0.4 is 14.8 Å². The van der Waals surface area contributed by atoms with Crippen LogP contribution in [0.1, 0.15) is 12.0 Å². The second-order valence-electron chi connectivity index (χ2n) is 5.38. The summed E-state index contributed by atoms with van der Waals surface area (Å²) < 4.78 is 11.1. The van der Waals surface area contributed by atoms with Crippen molar-refractivity contribution < 1.29 is 19.2 Å². The van der Waals surface area contributed by atoms with Gasteiger partial charge in [-0.15, -0.1) is 0 Å². The predicted octanol–water partition coefficient (Wildman–Crippen LogP) is 3.41. The maximum atomic E-state index is 12.0. The molecule has 0 radical (unpaired) electrons. The van der Waals surface area contributed by atoms with Gasteiger partial charge in [0.15, 0.2) is 11.5 Å². The number of nitrogens with one attached hydrogen (secondary N) is 1. The van der Waals surface area contributed by atoms with Crippen molar-refractivity contribution in [1.82, 2.24) is 0 Å². The Hall–Kier alpha value is -3.35. The zero-order valence-corrected chi connectivity index (χ0v) is 13.3. The number of fused-ring (bicyclic) bond motifs is 1. The zero-order chi connectivity index (χ0) is 17.6. The lowest BCUT2D eigenvalue weighted by Crippen LogP contribution is -2.08. The second-order valence-corrected chi connectivity index (χ2v) is 5.38. The number of amides is 1. The van der Waals surface area contributed by atoms with E-state index in [2.05, 4.69) is 5.32 Å². The third-order valence-corrected chi connectivity index (χ3v) is 3.55. The standard InChI is InChI=1S/C18H16N2O5/c21-18(9-4-13-2-6-15(7-3-13)20(22)23)19-14-5-8-16-17(12-14)25-11-1-10-24-16/h2-9,12H,1,10-11H2,(H,19,21). The molecule has 0 saturated heterocycles. The highest BCUT2D eigenvalue weighted by molar-refractivity contribution is 6.02. The van der Waals surface area contributed by atoms with Crippen LogP contribution in [0, 0.1) is 10.1 Å². The summed E-state index contributed by atoms with van der Waals surface area (Å²) in [4.78, 5) is 22.2. The van der Waals surface area contributed by atoms with E-state index >= 15 is 0 Å². The molecule has 0 saturated carbocycles. The minimum absolute atomic E-state index is 0.00815. The monoisotopic (exact) mass is 340 g/mol. The van der Waals surface area contributed by atoms with E-state index in [0.29, 0.717) is 36.0 Å². The Morgan fingerprint density at radius 1 is 1.08 bits per heavy atom. The highest BCUT2D eigenvalue weighted by Crippen LogP contribution is 2.32. The first-order chi connectivity index (χ1) is 12.1. The summed E-state index contributed by atoms with van der Waals surface area (Å²) in [6, 6.07) is 11.2. The van der Waals surface area contributed by atoms with Crippen molar-refractivity contribution in [1.29, 1.82) is 0 Å². The highest BCUT2D eigenvalue weighted by Gasteiger charge is 2.11. The number of hydrogen-bond donors (Lipinski definition) is 1. The molecule has 7 nitrogen and oxygen atoms in total. The van der Waals surface area contributed by atoms with Crippen LogP contribution in [0.2, 0.25) is 0 Å². The molecule has 0 bridgehead atoms. The Morgan fingerprint density at radius 3 is 2.52 bits per heavy atom. The van der Waals surface area contributed by atoms with Gasteiger partial charge in [0, 0.05) is 36.4 Å². The van der Waals surface area contributed by atoms with Gasteiger partial charge in [-0.05, 0) is 35.9 Å². The molecule has 2 aromatic rings. The lowest BCUT2D eigenvalue weighted by molar-refractivity contribution is -0.384. The molecule has 0 aliphatic carbocycles. The van der Waals surface area contributed by atoms with Gasteiger partial charge < -0.3 is 14.8 Å². The van der Waals surface area contributed by atoms with E-state index in [-0.39, 0.29) is 11.6 Å². The van der Waals surface area contributed by atoms with Gasteiger partial charge in [-0.25, -0.2) is 0 Å².